The Kier molecular flexibility index (Phi) is 4.04. The Labute approximate surface area is 181 Å². The number of nitrogens with zero attached hydrogens (tertiary/aromatic N) is 5. The Morgan fingerprint density at radius 1 is 0.844 bits per heavy atom. The second-order valence-corrected chi connectivity index (χ2v) is 7.50. The Balaban J connectivity index is 1.56. The maximum absolute atomic E-state index is 15.8. The average Bonchev–Trinajstić information content (AvgIpc) is 3.45. The van der Waals surface area contributed by atoms with E-state index < -0.39 is 0 Å². The molecule has 0 amide bonds. The van der Waals surface area contributed by atoms with Crippen LogP contribution in [0, 0.1) is 12.7 Å². The highest BCUT2D eigenvalue weighted by Crippen LogP contribution is 2.35. The van der Waals surface area contributed by atoms with Crippen LogP contribution in [0.5, 0.6) is 0 Å². The van der Waals surface area contributed by atoms with Gasteiger partial charge in [0.2, 0.25) is 0 Å². The minimum Gasteiger partial charge on any atom is -0.336 e. The lowest BCUT2D eigenvalue weighted by molar-refractivity contribution is 0.643. The van der Waals surface area contributed by atoms with E-state index in [2.05, 4.69) is 30.1 Å². The van der Waals surface area contributed by atoms with E-state index in [1.54, 1.807) is 37.1 Å². The smallest absolute Gasteiger partial charge is 0.159 e. The third-order valence-corrected chi connectivity index (χ3v) is 5.56. The molecule has 5 aromatic heterocycles. The normalized spacial score (nSPS) is 11.4. The molecule has 32 heavy (non-hydrogen) atoms. The van der Waals surface area contributed by atoms with E-state index >= 15 is 4.39 Å². The molecule has 7 nitrogen and oxygen atoms in total. The lowest BCUT2D eigenvalue weighted by Crippen LogP contribution is -1.91. The van der Waals surface area contributed by atoms with E-state index in [0.717, 1.165) is 22.2 Å². The summed E-state index contributed by atoms with van der Waals surface area (Å²) in [5, 5.41) is 7.67. The highest BCUT2D eigenvalue weighted by Gasteiger charge is 2.21. The summed E-state index contributed by atoms with van der Waals surface area (Å²) in [6, 6.07) is 11.0. The van der Waals surface area contributed by atoms with E-state index in [1.165, 1.54) is 0 Å². The first-order chi connectivity index (χ1) is 15.7. The number of hydrogen-bond acceptors (Lipinski definition) is 5. The Morgan fingerprint density at radius 3 is 2.59 bits per heavy atom. The van der Waals surface area contributed by atoms with Crippen molar-refractivity contribution >= 4 is 21.9 Å². The molecule has 0 spiro atoms. The zero-order valence-corrected chi connectivity index (χ0v) is 17.0. The van der Waals surface area contributed by atoms with E-state index in [9.17, 15) is 0 Å². The molecular weight excluding hydrogens is 405 g/mol. The van der Waals surface area contributed by atoms with Crippen LogP contribution < -0.4 is 0 Å². The summed E-state index contributed by atoms with van der Waals surface area (Å²) in [6.45, 7) is 1.93. The summed E-state index contributed by atoms with van der Waals surface area (Å²) in [4.78, 5) is 20.8. The van der Waals surface area contributed by atoms with Gasteiger partial charge in [0.25, 0.3) is 0 Å². The minimum atomic E-state index is -0.367. The summed E-state index contributed by atoms with van der Waals surface area (Å²) in [5.41, 5.74) is 6.17. The van der Waals surface area contributed by atoms with Gasteiger partial charge >= 0.3 is 0 Å². The van der Waals surface area contributed by atoms with Crippen LogP contribution in [-0.4, -0.2) is 35.1 Å². The Morgan fingerprint density at radius 2 is 1.75 bits per heavy atom. The Bertz CT molecular complexity index is 1600. The molecule has 8 heteroatoms. The van der Waals surface area contributed by atoms with Crippen LogP contribution in [0.2, 0.25) is 0 Å². The molecule has 0 aliphatic carbocycles. The molecule has 0 fully saturated rings. The fourth-order valence-electron chi connectivity index (χ4n) is 3.96. The number of aromatic amines is 2. The molecule has 1 aromatic carbocycles. The highest BCUT2D eigenvalue weighted by atomic mass is 19.1. The van der Waals surface area contributed by atoms with Gasteiger partial charge in [-0.05, 0) is 48.9 Å². The maximum atomic E-state index is 15.8. The number of H-pyrrole nitrogens is 2. The number of fused-ring (bicyclic) bond motifs is 2. The van der Waals surface area contributed by atoms with Gasteiger partial charge in [0.05, 0.1) is 22.1 Å². The molecule has 0 saturated heterocycles. The number of imidazole rings is 1. The van der Waals surface area contributed by atoms with Gasteiger partial charge in [0.15, 0.2) is 5.82 Å². The van der Waals surface area contributed by atoms with Crippen LogP contribution in [-0.2, 0) is 0 Å². The predicted octanol–water partition coefficient (Wildman–Crippen LogP) is 5.07. The second kappa shape index (κ2) is 7.05. The monoisotopic (exact) mass is 421 g/mol. The predicted molar refractivity (Wildman–Crippen MR) is 120 cm³/mol. The molecule has 6 rings (SSSR count). The fraction of sp³-hybridized carbons (Fsp3) is 0.0417. The zero-order chi connectivity index (χ0) is 21.7. The number of nitrogens with one attached hydrogen (secondary N) is 2. The van der Waals surface area contributed by atoms with Crippen molar-refractivity contribution in [3.05, 3.63) is 78.8 Å². The van der Waals surface area contributed by atoms with Crippen molar-refractivity contribution < 1.29 is 4.39 Å². The van der Waals surface area contributed by atoms with Gasteiger partial charge < -0.3 is 4.98 Å². The SMILES string of the molecule is Cc1ccncc1-c1ccc2[nH]nc(-c3nc4c(-c5cccnc5)nccc4[nH]3)c2c1F. The summed E-state index contributed by atoms with van der Waals surface area (Å²) in [7, 11) is 0. The van der Waals surface area contributed by atoms with Gasteiger partial charge in [0, 0.05) is 47.7 Å². The number of halogens is 1. The van der Waals surface area contributed by atoms with Gasteiger partial charge in [-0.15, -0.1) is 0 Å². The van der Waals surface area contributed by atoms with E-state index in [1.807, 2.05) is 37.3 Å². The van der Waals surface area contributed by atoms with Crippen molar-refractivity contribution in [2.75, 3.05) is 0 Å². The number of benzene rings is 1. The lowest BCUT2D eigenvalue weighted by Gasteiger charge is -2.07. The van der Waals surface area contributed by atoms with Crippen LogP contribution in [0.3, 0.4) is 0 Å². The topological polar surface area (TPSA) is 96.0 Å². The first-order valence-corrected chi connectivity index (χ1v) is 10.0. The number of aromatic nitrogens is 7. The molecule has 0 aliphatic rings. The number of pyridine rings is 3. The van der Waals surface area contributed by atoms with Gasteiger partial charge in [-0.3, -0.25) is 20.1 Å². The second-order valence-electron chi connectivity index (χ2n) is 7.50. The third-order valence-electron chi connectivity index (χ3n) is 5.56. The van der Waals surface area contributed by atoms with Crippen LogP contribution in [0.4, 0.5) is 4.39 Å². The number of hydrogen-bond donors (Lipinski definition) is 2. The van der Waals surface area contributed by atoms with Gasteiger partial charge in [0.1, 0.15) is 17.0 Å². The highest BCUT2D eigenvalue weighted by molar-refractivity contribution is 5.98. The summed E-state index contributed by atoms with van der Waals surface area (Å²) < 4.78 is 15.8. The molecule has 0 atom stereocenters. The Hall–Kier alpha value is -4.46. The lowest BCUT2D eigenvalue weighted by atomic mass is 10.00. The van der Waals surface area contributed by atoms with Crippen molar-refractivity contribution in [2.24, 2.45) is 0 Å². The van der Waals surface area contributed by atoms with Crippen LogP contribution >= 0.6 is 0 Å². The molecule has 6 aromatic rings. The number of aryl methyl sites for hydroxylation is 1. The molecule has 154 valence electrons. The maximum Gasteiger partial charge on any atom is 0.159 e. The zero-order valence-electron chi connectivity index (χ0n) is 17.0. The quantitative estimate of drug-likeness (QED) is 0.416. The molecule has 2 N–H and O–H groups in total. The summed E-state index contributed by atoms with van der Waals surface area (Å²) >= 11 is 0. The fourth-order valence-corrected chi connectivity index (χ4v) is 3.96. The molecule has 5 heterocycles. The van der Waals surface area contributed by atoms with Crippen molar-refractivity contribution in [1.29, 1.82) is 0 Å². The molecule has 0 saturated carbocycles. The van der Waals surface area contributed by atoms with E-state index in [0.29, 0.717) is 39.2 Å². The van der Waals surface area contributed by atoms with Crippen LogP contribution in [0.25, 0.3) is 55.8 Å². The summed E-state index contributed by atoms with van der Waals surface area (Å²) in [6.07, 6.45) is 8.52. The molecular formula is C24H16FN7. The van der Waals surface area contributed by atoms with Gasteiger partial charge in [-0.25, -0.2) is 9.37 Å². The van der Waals surface area contributed by atoms with E-state index in [-0.39, 0.29) is 5.82 Å². The first-order valence-electron chi connectivity index (χ1n) is 10.0. The molecule has 0 radical (unpaired) electrons. The van der Waals surface area contributed by atoms with Crippen LogP contribution in [0.1, 0.15) is 5.56 Å². The minimum absolute atomic E-state index is 0.367. The first kappa shape index (κ1) is 18.3. The average molecular weight is 421 g/mol. The van der Waals surface area contributed by atoms with Gasteiger partial charge in [-0.1, -0.05) is 0 Å². The standard InChI is InChI=1S/C24H16FN7/c1-13-6-9-27-12-16(13)15-4-5-17-19(20(15)25)23(32-31-17)24-29-18-7-10-28-21(22(18)30-24)14-3-2-8-26-11-14/h2-12H,1H3,(H,29,30)(H,31,32). The largest absolute Gasteiger partial charge is 0.336 e. The molecule has 0 unspecified atom stereocenters. The van der Waals surface area contributed by atoms with Crippen molar-refractivity contribution in [1.82, 2.24) is 35.1 Å². The van der Waals surface area contributed by atoms with Crippen molar-refractivity contribution in [3.63, 3.8) is 0 Å². The van der Waals surface area contributed by atoms with Crippen molar-refractivity contribution in [3.8, 4) is 33.9 Å². The van der Waals surface area contributed by atoms with Gasteiger partial charge in [-0.2, -0.15) is 5.10 Å². The van der Waals surface area contributed by atoms with Crippen molar-refractivity contribution in [2.45, 2.75) is 6.92 Å². The summed E-state index contributed by atoms with van der Waals surface area (Å²) in [5.74, 6) is 0.0942. The van der Waals surface area contributed by atoms with Crippen LogP contribution in [0.15, 0.2) is 67.4 Å². The third kappa shape index (κ3) is 2.77. The number of rotatable bonds is 3. The van der Waals surface area contributed by atoms with E-state index in [4.69, 9.17) is 4.98 Å². The molecule has 0 aliphatic heterocycles. The molecule has 0 bridgehead atoms.